The quantitative estimate of drug-likeness (QED) is 0.472. The maximum absolute atomic E-state index is 13.1. The summed E-state index contributed by atoms with van der Waals surface area (Å²) in [6.45, 7) is 4.20. The molecule has 0 aliphatic heterocycles. The van der Waals surface area contributed by atoms with Crippen molar-refractivity contribution in [1.82, 2.24) is 10.2 Å². The summed E-state index contributed by atoms with van der Waals surface area (Å²) >= 11 is 5.96. The highest BCUT2D eigenvalue weighted by molar-refractivity contribution is 7.92. The van der Waals surface area contributed by atoms with Crippen LogP contribution in [0.4, 0.5) is 5.69 Å². The number of anilines is 1. The van der Waals surface area contributed by atoms with Crippen molar-refractivity contribution in [1.29, 1.82) is 0 Å². The molecule has 0 radical (unpaired) electrons. The monoisotopic (exact) mass is 509 g/mol. The number of hydrogen-bond acceptors (Lipinski definition) is 5. The van der Waals surface area contributed by atoms with Crippen LogP contribution >= 0.6 is 11.6 Å². The van der Waals surface area contributed by atoms with Crippen molar-refractivity contribution < 1.29 is 22.7 Å². The van der Waals surface area contributed by atoms with Gasteiger partial charge in [0.15, 0.2) is 0 Å². The highest BCUT2D eigenvalue weighted by atomic mass is 35.5. The summed E-state index contributed by atoms with van der Waals surface area (Å²) in [6.07, 6.45) is 1.46. The van der Waals surface area contributed by atoms with Crippen molar-refractivity contribution in [3.05, 3.63) is 59.1 Å². The molecule has 0 unspecified atom stereocenters. The lowest BCUT2D eigenvalue weighted by molar-refractivity contribution is -0.140. The van der Waals surface area contributed by atoms with Crippen molar-refractivity contribution in [2.24, 2.45) is 0 Å². The number of para-hydroxylation sites is 2. The molecule has 0 spiro atoms. The minimum Gasteiger partial charge on any atom is -0.492 e. The van der Waals surface area contributed by atoms with E-state index in [0.29, 0.717) is 23.1 Å². The van der Waals surface area contributed by atoms with Crippen LogP contribution in [0.3, 0.4) is 0 Å². The molecule has 0 saturated carbocycles. The summed E-state index contributed by atoms with van der Waals surface area (Å²) in [7, 11) is -2.09. The second-order valence-electron chi connectivity index (χ2n) is 7.78. The third-order valence-corrected chi connectivity index (χ3v) is 6.70. The molecule has 2 aromatic carbocycles. The van der Waals surface area contributed by atoms with E-state index in [4.69, 9.17) is 16.3 Å². The van der Waals surface area contributed by atoms with Gasteiger partial charge < -0.3 is 15.0 Å². The molecular weight excluding hydrogens is 478 g/mol. The first kappa shape index (κ1) is 27.5. The number of likely N-dealkylation sites (N-methyl/N-ethyl adjacent to an activating group) is 1. The maximum atomic E-state index is 13.1. The summed E-state index contributed by atoms with van der Waals surface area (Å²) in [5.74, 6) is -0.0809. The molecule has 10 heteroatoms. The molecule has 1 N–H and O–H groups in total. The fourth-order valence-electron chi connectivity index (χ4n) is 3.50. The summed E-state index contributed by atoms with van der Waals surface area (Å²) in [5.41, 5.74) is 1.26. The fourth-order valence-corrected chi connectivity index (χ4v) is 4.60. The van der Waals surface area contributed by atoms with Crippen LogP contribution in [0.1, 0.15) is 32.3 Å². The zero-order chi connectivity index (χ0) is 25.3. The molecule has 0 aliphatic carbocycles. The normalized spacial score (nSPS) is 12.0. The summed E-state index contributed by atoms with van der Waals surface area (Å²) in [5, 5.41) is 3.15. The number of halogens is 1. The van der Waals surface area contributed by atoms with E-state index in [0.717, 1.165) is 11.8 Å². The van der Waals surface area contributed by atoms with E-state index >= 15 is 0 Å². The van der Waals surface area contributed by atoms with Gasteiger partial charge in [-0.15, -0.1) is 0 Å². The van der Waals surface area contributed by atoms with Crippen molar-refractivity contribution >= 4 is 39.1 Å². The van der Waals surface area contributed by atoms with Gasteiger partial charge in [0.25, 0.3) is 0 Å². The Balaban J connectivity index is 2.17. The van der Waals surface area contributed by atoms with Crippen LogP contribution in [-0.4, -0.2) is 57.6 Å². The lowest BCUT2D eigenvalue weighted by atomic mass is 10.1. The standard InChI is InChI=1S/C24H32ClN3O5S/c1-5-33-22-10-7-6-9-21(22)28(34(4,31)32)16-8-11-23(29)27(18(2)24(30)26-3)17-19-12-14-20(25)15-13-19/h6-7,9-10,12-15,18H,5,8,11,16-17H2,1-4H3,(H,26,30)/t18-/m1/s1. The third-order valence-electron chi connectivity index (χ3n) is 5.27. The van der Waals surface area contributed by atoms with Gasteiger partial charge in [-0.25, -0.2) is 8.42 Å². The second-order valence-corrected chi connectivity index (χ2v) is 10.1. The van der Waals surface area contributed by atoms with E-state index in [1.807, 2.05) is 6.92 Å². The number of sulfonamides is 1. The van der Waals surface area contributed by atoms with Crippen LogP contribution < -0.4 is 14.4 Å². The van der Waals surface area contributed by atoms with Gasteiger partial charge in [0, 0.05) is 31.6 Å². The van der Waals surface area contributed by atoms with E-state index in [2.05, 4.69) is 5.32 Å². The van der Waals surface area contributed by atoms with Crippen molar-refractivity contribution in [3.8, 4) is 5.75 Å². The topological polar surface area (TPSA) is 96.0 Å². The zero-order valence-electron chi connectivity index (χ0n) is 20.0. The molecule has 2 rings (SSSR count). The number of amides is 2. The van der Waals surface area contributed by atoms with Crippen molar-refractivity contribution in [2.45, 2.75) is 39.3 Å². The average molecular weight is 510 g/mol. The molecular formula is C24H32ClN3O5S. The van der Waals surface area contributed by atoms with E-state index in [9.17, 15) is 18.0 Å². The number of ether oxygens (including phenoxy) is 1. The minimum absolute atomic E-state index is 0.0672. The molecule has 2 aromatic rings. The molecule has 34 heavy (non-hydrogen) atoms. The lowest BCUT2D eigenvalue weighted by Crippen LogP contribution is -2.46. The molecule has 0 fully saturated rings. The average Bonchev–Trinajstić information content (AvgIpc) is 2.80. The molecule has 186 valence electrons. The smallest absolute Gasteiger partial charge is 0.242 e. The van der Waals surface area contributed by atoms with E-state index < -0.39 is 16.1 Å². The number of carbonyl (C=O) groups excluding carboxylic acids is 2. The molecule has 8 nitrogen and oxygen atoms in total. The Morgan fingerprint density at radius 3 is 2.35 bits per heavy atom. The van der Waals surface area contributed by atoms with Crippen LogP contribution in [0.25, 0.3) is 0 Å². The van der Waals surface area contributed by atoms with Crippen LogP contribution in [0, 0.1) is 0 Å². The van der Waals surface area contributed by atoms with Gasteiger partial charge in [-0.2, -0.15) is 0 Å². The SMILES string of the molecule is CCOc1ccccc1N(CCCC(=O)N(Cc1ccc(Cl)cc1)[C@H](C)C(=O)NC)S(C)(=O)=O. The number of nitrogens with zero attached hydrogens (tertiary/aromatic N) is 2. The number of benzene rings is 2. The van der Waals surface area contributed by atoms with Gasteiger partial charge in [0.1, 0.15) is 11.8 Å². The van der Waals surface area contributed by atoms with Crippen molar-refractivity contribution in [3.63, 3.8) is 0 Å². The third kappa shape index (κ3) is 7.63. The Hall–Kier alpha value is -2.78. The number of nitrogens with one attached hydrogen (secondary N) is 1. The minimum atomic E-state index is -3.61. The van der Waals surface area contributed by atoms with Gasteiger partial charge in [-0.3, -0.25) is 13.9 Å². The van der Waals surface area contributed by atoms with Gasteiger partial charge in [0.05, 0.1) is 18.6 Å². The Bertz CT molecular complexity index is 1080. The van der Waals surface area contributed by atoms with Crippen LogP contribution in [0.2, 0.25) is 5.02 Å². The summed E-state index contributed by atoms with van der Waals surface area (Å²) in [6, 6.07) is 13.2. The van der Waals surface area contributed by atoms with Gasteiger partial charge in [-0.05, 0) is 50.1 Å². The zero-order valence-corrected chi connectivity index (χ0v) is 21.5. The highest BCUT2D eigenvalue weighted by Gasteiger charge is 2.26. The summed E-state index contributed by atoms with van der Waals surface area (Å²) < 4.78 is 31.9. The van der Waals surface area contributed by atoms with E-state index in [1.165, 1.54) is 16.3 Å². The Morgan fingerprint density at radius 1 is 1.12 bits per heavy atom. The molecule has 1 atom stereocenters. The number of carbonyl (C=O) groups is 2. The Kier molecular flexibility index (Phi) is 10.2. The second kappa shape index (κ2) is 12.6. The van der Waals surface area contributed by atoms with E-state index in [1.54, 1.807) is 55.5 Å². The highest BCUT2D eigenvalue weighted by Crippen LogP contribution is 2.30. The fraction of sp³-hybridized carbons (Fsp3) is 0.417. The number of hydrogen-bond donors (Lipinski definition) is 1. The van der Waals surface area contributed by atoms with Gasteiger partial charge >= 0.3 is 0 Å². The van der Waals surface area contributed by atoms with Crippen LogP contribution in [-0.2, 0) is 26.2 Å². The molecule has 0 bridgehead atoms. The number of rotatable bonds is 12. The van der Waals surface area contributed by atoms with E-state index in [-0.39, 0.29) is 37.7 Å². The Labute approximate surface area is 206 Å². The molecule has 0 heterocycles. The predicted molar refractivity (Wildman–Crippen MR) is 135 cm³/mol. The maximum Gasteiger partial charge on any atom is 0.242 e. The van der Waals surface area contributed by atoms with Crippen LogP contribution in [0.5, 0.6) is 5.75 Å². The largest absolute Gasteiger partial charge is 0.492 e. The van der Waals surface area contributed by atoms with Gasteiger partial charge in [0.2, 0.25) is 21.8 Å². The first-order chi connectivity index (χ1) is 16.1. The predicted octanol–water partition coefficient (Wildman–Crippen LogP) is 3.45. The van der Waals surface area contributed by atoms with Crippen LogP contribution in [0.15, 0.2) is 48.5 Å². The molecule has 0 aromatic heterocycles. The molecule has 0 aliphatic rings. The first-order valence-electron chi connectivity index (χ1n) is 11.0. The van der Waals surface area contributed by atoms with Crippen molar-refractivity contribution in [2.75, 3.05) is 30.8 Å². The Morgan fingerprint density at radius 2 is 1.76 bits per heavy atom. The summed E-state index contributed by atoms with van der Waals surface area (Å²) in [4.78, 5) is 26.9. The molecule has 2 amide bonds. The first-order valence-corrected chi connectivity index (χ1v) is 13.3. The lowest BCUT2D eigenvalue weighted by Gasteiger charge is -2.29. The molecule has 0 saturated heterocycles. The van der Waals surface area contributed by atoms with Gasteiger partial charge in [-0.1, -0.05) is 35.9 Å².